The van der Waals surface area contributed by atoms with Gasteiger partial charge in [0.15, 0.2) is 0 Å². The van der Waals surface area contributed by atoms with Crippen molar-refractivity contribution in [2.24, 2.45) is 5.92 Å². The standard InChI is InChI=1S/C15H24AsN3/c16-13-6-8-19(11-13)14-5-7-17-15(9-14)18-10-12-3-1-2-4-12/h5,7,9,12-13H,1-4,6,8,10-11,16H2,(H,17,18). The third-order valence-corrected chi connectivity index (χ3v) is 5.52. The predicted octanol–water partition coefficient (Wildman–Crippen LogP) is 2.32. The molecule has 1 aromatic heterocycles. The Bertz CT molecular complexity index is 418. The zero-order valence-electron chi connectivity index (χ0n) is 11.5. The zero-order valence-corrected chi connectivity index (χ0v) is 13.9. The van der Waals surface area contributed by atoms with Crippen LogP contribution in [0.25, 0.3) is 0 Å². The van der Waals surface area contributed by atoms with Crippen LogP contribution >= 0.6 is 0 Å². The molecule has 1 N–H and O–H groups in total. The molecule has 1 aliphatic heterocycles. The SMILES string of the molecule is [AsH2]C1CCN(c2ccnc(NCC3CCCC3)c2)C1. The summed E-state index contributed by atoms with van der Waals surface area (Å²) in [6.45, 7) is 3.51. The Morgan fingerprint density at radius 2 is 2.16 bits per heavy atom. The Labute approximate surface area is 124 Å². The van der Waals surface area contributed by atoms with Gasteiger partial charge in [-0.05, 0) is 0 Å². The van der Waals surface area contributed by atoms with Gasteiger partial charge in [0, 0.05) is 0 Å². The molecule has 1 aromatic rings. The molecule has 2 unspecified atom stereocenters. The molecule has 1 saturated carbocycles. The van der Waals surface area contributed by atoms with E-state index in [-0.39, 0.29) is 0 Å². The first-order chi connectivity index (χ1) is 9.31. The average Bonchev–Trinajstić information content (AvgIpc) is 3.08. The van der Waals surface area contributed by atoms with Crippen molar-refractivity contribution in [3.63, 3.8) is 0 Å². The van der Waals surface area contributed by atoms with Gasteiger partial charge in [-0.3, -0.25) is 0 Å². The molecule has 3 nitrogen and oxygen atoms in total. The summed E-state index contributed by atoms with van der Waals surface area (Å²) in [5.74, 6) is 1.91. The molecular weight excluding hydrogens is 297 g/mol. The van der Waals surface area contributed by atoms with Gasteiger partial charge in [-0.25, -0.2) is 0 Å². The van der Waals surface area contributed by atoms with Crippen LogP contribution in [-0.2, 0) is 0 Å². The minimum absolute atomic E-state index is 0.861. The van der Waals surface area contributed by atoms with Crippen molar-refractivity contribution in [1.29, 1.82) is 0 Å². The van der Waals surface area contributed by atoms with Crippen LogP contribution in [0.4, 0.5) is 11.5 Å². The quantitative estimate of drug-likeness (QED) is 0.863. The van der Waals surface area contributed by atoms with E-state index in [0.29, 0.717) is 0 Å². The van der Waals surface area contributed by atoms with E-state index in [9.17, 15) is 0 Å². The number of nitrogens with zero attached hydrogens (tertiary/aromatic N) is 2. The molecule has 0 amide bonds. The van der Waals surface area contributed by atoms with E-state index < -0.39 is 0 Å². The van der Waals surface area contributed by atoms with Crippen LogP contribution in [0.5, 0.6) is 0 Å². The average molecular weight is 321 g/mol. The first-order valence-corrected chi connectivity index (χ1v) is 8.91. The van der Waals surface area contributed by atoms with Crippen LogP contribution in [0.3, 0.4) is 0 Å². The summed E-state index contributed by atoms with van der Waals surface area (Å²) in [5, 5.41) is 3.53. The molecule has 4 heteroatoms. The zero-order chi connectivity index (χ0) is 13.1. The molecule has 0 aromatic carbocycles. The van der Waals surface area contributed by atoms with Gasteiger partial charge in [0.05, 0.1) is 0 Å². The second-order valence-electron chi connectivity index (χ2n) is 5.93. The van der Waals surface area contributed by atoms with Crippen LogP contribution in [0.1, 0.15) is 32.1 Å². The molecule has 0 radical (unpaired) electrons. The van der Waals surface area contributed by atoms with Crippen LogP contribution in [0.2, 0.25) is 4.71 Å². The summed E-state index contributed by atoms with van der Waals surface area (Å²) < 4.78 is 0.885. The second kappa shape index (κ2) is 6.17. The van der Waals surface area contributed by atoms with E-state index in [2.05, 4.69) is 27.3 Å². The Morgan fingerprint density at radius 3 is 2.89 bits per heavy atom. The maximum absolute atomic E-state index is 4.46. The molecule has 3 rings (SSSR count). The van der Waals surface area contributed by atoms with E-state index in [0.717, 1.165) is 23.0 Å². The van der Waals surface area contributed by atoms with Gasteiger partial charge in [0.1, 0.15) is 0 Å². The second-order valence-corrected chi connectivity index (χ2v) is 7.90. The number of rotatable bonds is 4. The van der Waals surface area contributed by atoms with Gasteiger partial charge < -0.3 is 0 Å². The molecule has 2 atom stereocenters. The fraction of sp³-hybridized carbons (Fsp3) is 0.667. The molecule has 19 heavy (non-hydrogen) atoms. The summed E-state index contributed by atoms with van der Waals surface area (Å²) in [6.07, 6.45) is 8.88. The van der Waals surface area contributed by atoms with Gasteiger partial charge in [0.25, 0.3) is 0 Å². The summed E-state index contributed by atoms with van der Waals surface area (Å²) in [6, 6.07) is 4.37. The molecule has 1 saturated heterocycles. The summed E-state index contributed by atoms with van der Waals surface area (Å²) in [5.41, 5.74) is 1.34. The van der Waals surface area contributed by atoms with Crippen molar-refractivity contribution in [1.82, 2.24) is 4.98 Å². The van der Waals surface area contributed by atoms with Gasteiger partial charge in [-0.1, -0.05) is 0 Å². The fourth-order valence-electron chi connectivity index (χ4n) is 3.20. The monoisotopic (exact) mass is 321 g/mol. The first-order valence-electron chi connectivity index (χ1n) is 7.52. The molecule has 2 heterocycles. The van der Waals surface area contributed by atoms with Gasteiger partial charge in [-0.15, -0.1) is 0 Å². The van der Waals surface area contributed by atoms with Crippen molar-refractivity contribution in [2.75, 3.05) is 29.9 Å². The van der Waals surface area contributed by atoms with Crippen LogP contribution in [0, 0.1) is 5.92 Å². The minimum atomic E-state index is 0.861. The van der Waals surface area contributed by atoms with Gasteiger partial charge in [-0.2, -0.15) is 0 Å². The van der Waals surface area contributed by atoms with Crippen molar-refractivity contribution in [2.45, 2.75) is 36.8 Å². The van der Waals surface area contributed by atoms with Gasteiger partial charge >= 0.3 is 124 Å². The summed E-state index contributed by atoms with van der Waals surface area (Å²) >= 11 is 1.88. The normalized spacial score (nSPS) is 24.1. The van der Waals surface area contributed by atoms with E-state index in [1.807, 2.05) is 23.0 Å². The first kappa shape index (κ1) is 13.3. The Hall–Kier alpha value is -0.692. The molecule has 0 spiro atoms. The van der Waals surface area contributed by atoms with Crippen LogP contribution in [-0.4, -0.2) is 41.5 Å². The van der Waals surface area contributed by atoms with Crippen molar-refractivity contribution in [3.8, 4) is 0 Å². The third-order valence-electron chi connectivity index (χ3n) is 4.38. The van der Waals surface area contributed by atoms with Crippen LogP contribution in [0.15, 0.2) is 18.3 Å². The van der Waals surface area contributed by atoms with Crippen LogP contribution < -0.4 is 10.2 Å². The molecule has 2 fully saturated rings. The Kier molecular flexibility index (Phi) is 4.32. The van der Waals surface area contributed by atoms with Gasteiger partial charge in [0.2, 0.25) is 0 Å². The summed E-state index contributed by atoms with van der Waals surface area (Å²) in [4.78, 5) is 6.95. The molecular formula is C15H24AsN3. The van der Waals surface area contributed by atoms with E-state index in [1.54, 1.807) is 0 Å². The van der Waals surface area contributed by atoms with Crippen molar-refractivity contribution < 1.29 is 0 Å². The Balaban J connectivity index is 1.59. The molecule has 104 valence electrons. The Morgan fingerprint density at radius 1 is 1.32 bits per heavy atom. The maximum atomic E-state index is 4.46. The number of pyridine rings is 1. The fourth-order valence-corrected chi connectivity index (χ4v) is 4.04. The van der Waals surface area contributed by atoms with E-state index in [1.165, 1.54) is 50.9 Å². The molecule has 0 bridgehead atoms. The topological polar surface area (TPSA) is 28.2 Å². The number of aromatic nitrogens is 1. The molecule has 1 aliphatic carbocycles. The number of hydrogen-bond donors (Lipinski definition) is 1. The number of nitrogens with one attached hydrogen (secondary N) is 1. The van der Waals surface area contributed by atoms with E-state index >= 15 is 0 Å². The molecule has 2 aliphatic rings. The summed E-state index contributed by atoms with van der Waals surface area (Å²) in [7, 11) is 0. The van der Waals surface area contributed by atoms with E-state index in [4.69, 9.17) is 0 Å². The van der Waals surface area contributed by atoms with Crippen molar-refractivity contribution in [3.05, 3.63) is 18.3 Å². The number of anilines is 2. The third kappa shape index (κ3) is 3.45. The number of hydrogen-bond acceptors (Lipinski definition) is 3. The predicted molar refractivity (Wildman–Crippen MR) is 83.8 cm³/mol. The van der Waals surface area contributed by atoms with Crippen molar-refractivity contribution >= 4 is 28.4 Å².